The van der Waals surface area contributed by atoms with E-state index in [2.05, 4.69) is 62.0 Å². The zero-order valence-electron chi connectivity index (χ0n) is 8.64. The Hall–Kier alpha value is -0.410. The molecule has 0 amide bonds. The molecule has 1 heterocycles. The largest absolute Gasteiger partial charge is 0.253 e. The van der Waals surface area contributed by atoms with Gasteiger partial charge in [-0.25, -0.2) is 0 Å². The minimum Gasteiger partial charge on any atom is -0.253 e. The van der Waals surface area contributed by atoms with Crippen LogP contribution in [0.5, 0.6) is 0 Å². The average molecular weight is 329 g/mol. The molecule has 1 aromatic carbocycles. The van der Waals surface area contributed by atoms with Crippen LogP contribution in [-0.2, 0) is 6.42 Å². The third kappa shape index (κ3) is 2.08. The number of aryl methyl sites for hydroxylation is 2. The summed E-state index contributed by atoms with van der Waals surface area (Å²) < 4.78 is 2.17. The average Bonchev–Trinajstić information content (AvgIpc) is 2.14. The van der Waals surface area contributed by atoms with Crippen LogP contribution in [0.4, 0.5) is 0 Å². The van der Waals surface area contributed by atoms with Crippen LogP contribution in [0.1, 0.15) is 18.2 Å². The summed E-state index contributed by atoms with van der Waals surface area (Å²) in [4.78, 5) is 4.55. The maximum Gasteiger partial charge on any atom is 0.0730 e. The molecule has 1 nitrogen and oxygen atoms in total. The number of rotatable bonds is 1. The summed E-state index contributed by atoms with van der Waals surface area (Å²) in [5.41, 5.74) is 3.47. The minimum absolute atomic E-state index is 1.03. The van der Waals surface area contributed by atoms with Gasteiger partial charge in [0.2, 0.25) is 0 Å². The van der Waals surface area contributed by atoms with E-state index in [0.29, 0.717) is 0 Å². The van der Waals surface area contributed by atoms with Crippen LogP contribution in [0.3, 0.4) is 0 Å². The number of aromatic nitrogens is 1. The summed E-state index contributed by atoms with van der Waals surface area (Å²) in [5, 5.41) is 1.23. The smallest absolute Gasteiger partial charge is 0.0730 e. The van der Waals surface area contributed by atoms with Crippen molar-refractivity contribution >= 4 is 42.8 Å². The SMILES string of the molecule is CCc1cc(C)nc2cc(Br)cc(Br)c12. The van der Waals surface area contributed by atoms with Gasteiger partial charge in [0.05, 0.1) is 5.52 Å². The van der Waals surface area contributed by atoms with Gasteiger partial charge in [0.15, 0.2) is 0 Å². The van der Waals surface area contributed by atoms with E-state index in [1.807, 2.05) is 6.92 Å². The number of hydrogen-bond acceptors (Lipinski definition) is 1. The Kier molecular flexibility index (Phi) is 3.12. The Bertz CT molecular complexity index is 515. The van der Waals surface area contributed by atoms with Crippen molar-refractivity contribution in [3.05, 3.63) is 38.4 Å². The molecule has 0 saturated heterocycles. The Morgan fingerprint density at radius 3 is 2.60 bits per heavy atom. The van der Waals surface area contributed by atoms with Gasteiger partial charge in [-0.2, -0.15) is 0 Å². The lowest BCUT2D eigenvalue weighted by Crippen LogP contribution is -1.91. The van der Waals surface area contributed by atoms with Gasteiger partial charge in [0.25, 0.3) is 0 Å². The lowest BCUT2D eigenvalue weighted by molar-refractivity contribution is 1.12. The van der Waals surface area contributed by atoms with Crippen molar-refractivity contribution in [1.29, 1.82) is 0 Å². The molecule has 0 radical (unpaired) electrons. The van der Waals surface area contributed by atoms with Gasteiger partial charge in [0.1, 0.15) is 0 Å². The second-order valence-corrected chi connectivity index (χ2v) is 5.33. The molecule has 78 valence electrons. The van der Waals surface area contributed by atoms with E-state index in [1.165, 1.54) is 10.9 Å². The molecule has 0 N–H and O–H groups in total. The summed E-state index contributed by atoms with van der Waals surface area (Å²) in [6.45, 7) is 4.20. The molecule has 0 saturated carbocycles. The van der Waals surface area contributed by atoms with E-state index < -0.39 is 0 Å². The van der Waals surface area contributed by atoms with E-state index in [-0.39, 0.29) is 0 Å². The van der Waals surface area contributed by atoms with Crippen LogP contribution in [-0.4, -0.2) is 4.98 Å². The first-order valence-corrected chi connectivity index (χ1v) is 6.45. The van der Waals surface area contributed by atoms with Crippen LogP contribution in [0.15, 0.2) is 27.1 Å². The first-order chi connectivity index (χ1) is 7.11. The first kappa shape index (κ1) is 11.1. The summed E-state index contributed by atoms with van der Waals surface area (Å²) in [5.74, 6) is 0. The van der Waals surface area contributed by atoms with Gasteiger partial charge in [-0.1, -0.05) is 38.8 Å². The van der Waals surface area contributed by atoms with Crippen LogP contribution >= 0.6 is 31.9 Å². The molecule has 0 aliphatic heterocycles. The van der Waals surface area contributed by atoms with Crippen LogP contribution in [0.2, 0.25) is 0 Å². The van der Waals surface area contributed by atoms with Gasteiger partial charge in [-0.05, 0) is 37.1 Å². The summed E-state index contributed by atoms with van der Waals surface area (Å²) >= 11 is 7.08. The highest BCUT2D eigenvalue weighted by Gasteiger charge is 2.07. The van der Waals surface area contributed by atoms with Crippen molar-refractivity contribution < 1.29 is 0 Å². The van der Waals surface area contributed by atoms with E-state index >= 15 is 0 Å². The molecule has 2 aromatic rings. The van der Waals surface area contributed by atoms with E-state index in [9.17, 15) is 0 Å². The highest BCUT2D eigenvalue weighted by molar-refractivity contribution is 9.11. The van der Waals surface area contributed by atoms with Crippen molar-refractivity contribution in [1.82, 2.24) is 4.98 Å². The lowest BCUT2D eigenvalue weighted by Gasteiger charge is -2.08. The third-order valence-corrected chi connectivity index (χ3v) is 3.50. The Morgan fingerprint density at radius 1 is 1.20 bits per heavy atom. The van der Waals surface area contributed by atoms with Crippen LogP contribution in [0, 0.1) is 6.92 Å². The van der Waals surface area contributed by atoms with Gasteiger partial charge in [-0.3, -0.25) is 4.98 Å². The molecule has 0 aliphatic rings. The lowest BCUT2D eigenvalue weighted by atomic mass is 10.1. The second-order valence-electron chi connectivity index (χ2n) is 3.56. The predicted molar refractivity (Wildman–Crippen MR) is 71.3 cm³/mol. The van der Waals surface area contributed by atoms with Crippen molar-refractivity contribution in [2.45, 2.75) is 20.3 Å². The van der Waals surface area contributed by atoms with Crippen molar-refractivity contribution in [2.24, 2.45) is 0 Å². The van der Waals surface area contributed by atoms with E-state index in [0.717, 1.165) is 26.6 Å². The number of nitrogens with zero attached hydrogens (tertiary/aromatic N) is 1. The summed E-state index contributed by atoms with van der Waals surface area (Å²) in [6, 6.07) is 6.28. The molecule has 1 aromatic heterocycles. The van der Waals surface area contributed by atoms with Crippen molar-refractivity contribution in [3.63, 3.8) is 0 Å². The Balaban J connectivity index is 2.90. The monoisotopic (exact) mass is 327 g/mol. The molecule has 0 atom stereocenters. The normalized spacial score (nSPS) is 10.9. The second kappa shape index (κ2) is 4.22. The zero-order valence-corrected chi connectivity index (χ0v) is 11.8. The van der Waals surface area contributed by atoms with E-state index in [4.69, 9.17) is 0 Å². The molecule has 3 heteroatoms. The quantitative estimate of drug-likeness (QED) is 0.743. The fourth-order valence-corrected chi connectivity index (χ4v) is 3.25. The highest BCUT2D eigenvalue weighted by atomic mass is 79.9. The van der Waals surface area contributed by atoms with Gasteiger partial charge < -0.3 is 0 Å². The Labute approximate surface area is 106 Å². The number of pyridine rings is 1. The fraction of sp³-hybridized carbons (Fsp3) is 0.250. The van der Waals surface area contributed by atoms with Gasteiger partial charge >= 0.3 is 0 Å². The molecular weight excluding hydrogens is 318 g/mol. The molecule has 0 spiro atoms. The standard InChI is InChI=1S/C12H11Br2N/c1-3-8-4-7(2)15-11-6-9(13)5-10(14)12(8)11/h4-6H,3H2,1-2H3. The summed E-state index contributed by atoms with van der Waals surface area (Å²) in [7, 11) is 0. The number of fused-ring (bicyclic) bond motifs is 1. The van der Waals surface area contributed by atoms with E-state index in [1.54, 1.807) is 0 Å². The number of halogens is 2. The van der Waals surface area contributed by atoms with Crippen molar-refractivity contribution in [2.75, 3.05) is 0 Å². The highest BCUT2D eigenvalue weighted by Crippen LogP contribution is 2.30. The maximum atomic E-state index is 4.55. The molecule has 0 aliphatic carbocycles. The van der Waals surface area contributed by atoms with Crippen LogP contribution in [0.25, 0.3) is 10.9 Å². The van der Waals surface area contributed by atoms with Crippen LogP contribution < -0.4 is 0 Å². The zero-order chi connectivity index (χ0) is 11.0. The number of benzene rings is 1. The molecule has 0 bridgehead atoms. The molecule has 0 unspecified atom stereocenters. The molecule has 2 rings (SSSR count). The third-order valence-electron chi connectivity index (χ3n) is 2.42. The van der Waals surface area contributed by atoms with Gasteiger partial charge in [0, 0.05) is 20.0 Å². The maximum absolute atomic E-state index is 4.55. The number of hydrogen-bond donors (Lipinski definition) is 0. The van der Waals surface area contributed by atoms with Crippen molar-refractivity contribution in [3.8, 4) is 0 Å². The topological polar surface area (TPSA) is 12.9 Å². The fourth-order valence-electron chi connectivity index (χ4n) is 1.79. The first-order valence-electron chi connectivity index (χ1n) is 4.87. The predicted octanol–water partition coefficient (Wildman–Crippen LogP) is 4.63. The Morgan fingerprint density at radius 2 is 1.93 bits per heavy atom. The molecular formula is C12H11Br2N. The van der Waals surface area contributed by atoms with Gasteiger partial charge in [-0.15, -0.1) is 0 Å². The molecule has 15 heavy (non-hydrogen) atoms. The molecule has 0 fully saturated rings. The minimum atomic E-state index is 1.03. The summed E-state index contributed by atoms with van der Waals surface area (Å²) in [6.07, 6.45) is 1.03.